The first kappa shape index (κ1) is 24.9. The molecule has 0 bridgehead atoms. The van der Waals surface area contributed by atoms with Crippen LogP contribution in [0.15, 0.2) is 30.3 Å². The van der Waals surface area contributed by atoms with Crippen LogP contribution in [0.25, 0.3) is 11.3 Å². The Balaban J connectivity index is 1.78. The van der Waals surface area contributed by atoms with E-state index in [1.165, 1.54) is 30.8 Å². The van der Waals surface area contributed by atoms with Crippen LogP contribution < -0.4 is 5.32 Å². The van der Waals surface area contributed by atoms with E-state index in [9.17, 15) is 9.59 Å². The van der Waals surface area contributed by atoms with Crippen LogP contribution in [0.3, 0.4) is 0 Å². The molecule has 3 rings (SSSR count). The van der Waals surface area contributed by atoms with Gasteiger partial charge in [-0.05, 0) is 56.8 Å². The number of carbonyl (C=O) groups is 2. The summed E-state index contributed by atoms with van der Waals surface area (Å²) in [7, 11) is 0. The van der Waals surface area contributed by atoms with Gasteiger partial charge in [0.15, 0.2) is 5.78 Å². The molecule has 1 N–H and O–H groups in total. The molecule has 0 saturated heterocycles. The Labute approximate surface area is 200 Å². The zero-order chi connectivity index (χ0) is 23.1. The minimum absolute atomic E-state index is 0.0134. The standard InChI is InChI=1S/C25H35N3O2S2/c1-5-19(17-12-8-6-9-13-17)24(30)26-23(25(2,3)31-4)20(29)16-21-22(27-28-32-21)18-14-10-7-11-15-18/h7,10-11,14-15,17,19,23H,5-6,8-9,12-13,16H2,1-4H3,(H,26,30)/t19-,23+/m0/s1. The normalized spacial score (nSPS) is 17.0. The van der Waals surface area contributed by atoms with Gasteiger partial charge in [-0.2, -0.15) is 11.8 Å². The summed E-state index contributed by atoms with van der Waals surface area (Å²) >= 11 is 2.87. The summed E-state index contributed by atoms with van der Waals surface area (Å²) in [6.45, 7) is 6.15. The molecule has 0 radical (unpaired) electrons. The summed E-state index contributed by atoms with van der Waals surface area (Å²) < 4.78 is 3.69. The fraction of sp³-hybridized carbons (Fsp3) is 0.600. The molecule has 1 aliphatic rings. The van der Waals surface area contributed by atoms with Gasteiger partial charge in [0.25, 0.3) is 0 Å². The Hall–Kier alpha value is -1.73. The van der Waals surface area contributed by atoms with Crippen molar-refractivity contribution in [1.29, 1.82) is 0 Å². The molecule has 1 saturated carbocycles. The van der Waals surface area contributed by atoms with Gasteiger partial charge in [-0.15, -0.1) is 5.10 Å². The molecule has 2 atom stereocenters. The second-order valence-corrected chi connectivity index (χ2v) is 11.5. The number of nitrogens with one attached hydrogen (secondary N) is 1. The number of nitrogens with zero attached hydrogens (tertiary/aromatic N) is 2. The topological polar surface area (TPSA) is 72.0 Å². The van der Waals surface area contributed by atoms with Crippen LogP contribution in [0.4, 0.5) is 0 Å². The molecule has 1 aromatic carbocycles. The molecule has 1 aromatic heterocycles. The van der Waals surface area contributed by atoms with Crippen molar-refractivity contribution in [2.45, 2.75) is 76.5 Å². The molecule has 0 spiro atoms. The highest BCUT2D eigenvalue weighted by molar-refractivity contribution is 8.00. The van der Waals surface area contributed by atoms with Gasteiger partial charge in [0.2, 0.25) is 5.91 Å². The molecular formula is C25H35N3O2S2. The molecule has 1 aliphatic carbocycles. The van der Waals surface area contributed by atoms with Crippen LogP contribution >= 0.6 is 23.3 Å². The summed E-state index contributed by atoms with van der Waals surface area (Å²) in [5.41, 5.74) is 1.71. The van der Waals surface area contributed by atoms with Gasteiger partial charge in [-0.3, -0.25) is 9.59 Å². The average molecular weight is 474 g/mol. The monoisotopic (exact) mass is 473 g/mol. The van der Waals surface area contributed by atoms with E-state index in [0.29, 0.717) is 5.92 Å². The fourth-order valence-electron chi connectivity index (χ4n) is 4.68. The van der Waals surface area contributed by atoms with Crippen molar-refractivity contribution in [3.63, 3.8) is 0 Å². The minimum Gasteiger partial charge on any atom is -0.345 e. The molecule has 2 aromatic rings. The van der Waals surface area contributed by atoms with Crippen molar-refractivity contribution in [1.82, 2.24) is 14.9 Å². The molecular weight excluding hydrogens is 438 g/mol. The predicted molar refractivity (Wildman–Crippen MR) is 134 cm³/mol. The van der Waals surface area contributed by atoms with Crippen molar-refractivity contribution < 1.29 is 9.59 Å². The molecule has 0 aliphatic heterocycles. The lowest BCUT2D eigenvalue weighted by Crippen LogP contribution is -2.54. The maximum Gasteiger partial charge on any atom is 0.224 e. The van der Waals surface area contributed by atoms with Gasteiger partial charge >= 0.3 is 0 Å². The molecule has 174 valence electrons. The summed E-state index contributed by atoms with van der Waals surface area (Å²) in [6.07, 6.45) is 8.93. The van der Waals surface area contributed by atoms with E-state index in [2.05, 4.69) is 21.8 Å². The Bertz CT molecular complexity index is 892. The average Bonchev–Trinajstić information content (AvgIpc) is 3.27. The number of hydrogen-bond acceptors (Lipinski definition) is 6. The quantitative estimate of drug-likeness (QED) is 0.490. The Kier molecular flexibility index (Phi) is 8.88. The van der Waals surface area contributed by atoms with Crippen molar-refractivity contribution in [3.8, 4) is 11.3 Å². The lowest BCUT2D eigenvalue weighted by Gasteiger charge is -2.35. The third-order valence-corrected chi connectivity index (χ3v) is 8.77. The minimum atomic E-state index is -0.562. The van der Waals surface area contributed by atoms with Crippen LogP contribution in [0, 0.1) is 11.8 Å². The Morgan fingerprint density at radius 1 is 1.19 bits per heavy atom. The smallest absolute Gasteiger partial charge is 0.224 e. The number of rotatable bonds is 10. The molecule has 7 heteroatoms. The Morgan fingerprint density at radius 2 is 1.88 bits per heavy atom. The molecule has 5 nitrogen and oxygen atoms in total. The number of amides is 1. The van der Waals surface area contributed by atoms with E-state index in [-0.39, 0.29) is 24.0 Å². The van der Waals surface area contributed by atoms with E-state index in [4.69, 9.17) is 0 Å². The number of thioether (sulfide) groups is 1. The first-order valence-corrected chi connectivity index (χ1v) is 13.6. The zero-order valence-corrected chi connectivity index (χ0v) is 21.2. The summed E-state index contributed by atoms with van der Waals surface area (Å²) in [4.78, 5) is 27.7. The number of benzene rings is 1. The first-order chi connectivity index (χ1) is 15.4. The number of aromatic nitrogens is 2. The predicted octanol–water partition coefficient (Wildman–Crippen LogP) is 5.55. The number of ketones is 1. The molecule has 32 heavy (non-hydrogen) atoms. The summed E-state index contributed by atoms with van der Waals surface area (Å²) in [5, 5.41) is 7.45. The third kappa shape index (κ3) is 5.98. The van der Waals surface area contributed by atoms with Crippen LogP contribution in [0.1, 0.15) is 64.2 Å². The SMILES string of the molecule is CC[C@H](C(=O)N[C@H](C(=O)Cc1snnc1-c1ccccc1)C(C)(C)SC)C1CCCCC1. The van der Waals surface area contributed by atoms with Crippen molar-refractivity contribution in [3.05, 3.63) is 35.2 Å². The molecule has 1 heterocycles. The maximum atomic E-state index is 13.5. The van der Waals surface area contributed by atoms with Gasteiger partial charge in [-0.1, -0.05) is 61.0 Å². The van der Waals surface area contributed by atoms with Crippen molar-refractivity contribution in [2.75, 3.05) is 6.26 Å². The molecule has 1 amide bonds. The van der Waals surface area contributed by atoms with Gasteiger partial charge in [0.05, 0.1) is 4.88 Å². The van der Waals surface area contributed by atoms with E-state index < -0.39 is 10.8 Å². The lowest BCUT2D eigenvalue weighted by molar-refractivity contribution is -0.132. The summed E-state index contributed by atoms with van der Waals surface area (Å²) in [5.74, 6) is 0.454. The highest BCUT2D eigenvalue weighted by Gasteiger charge is 2.38. The lowest BCUT2D eigenvalue weighted by atomic mass is 9.78. The van der Waals surface area contributed by atoms with Crippen molar-refractivity contribution in [2.24, 2.45) is 11.8 Å². The van der Waals surface area contributed by atoms with Gasteiger partial charge in [-0.25, -0.2) is 0 Å². The Morgan fingerprint density at radius 3 is 2.50 bits per heavy atom. The first-order valence-electron chi connectivity index (χ1n) is 11.6. The van der Waals surface area contributed by atoms with Crippen molar-refractivity contribution >= 4 is 35.0 Å². The zero-order valence-electron chi connectivity index (χ0n) is 19.6. The highest BCUT2D eigenvalue weighted by atomic mass is 32.2. The maximum absolute atomic E-state index is 13.5. The largest absolute Gasteiger partial charge is 0.345 e. The number of Topliss-reactive ketones (excluding diaryl/α,β-unsaturated/α-hetero) is 1. The van der Waals surface area contributed by atoms with E-state index in [1.807, 2.05) is 50.4 Å². The molecule has 0 unspecified atom stereocenters. The molecule has 1 fully saturated rings. The van der Waals surface area contributed by atoms with Crippen LogP contribution in [0.2, 0.25) is 0 Å². The second kappa shape index (κ2) is 11.4. The number of carbonyl (C=O) groups excluding carboxylic acids is 2. The van der Waals surface area contributed by atoms with Crippen LogP contribution in [-0.4, -0.2) is 38.3 Å². The highest BCUT2D eigenvalue weighted by Crippen LogP contribution is 2.34. The van der Waals surface area contributed by atoms with Gasteiger partial charge in [0.1, 0.15) is 11.7 Å². The third-order valence-electron chi connectivity index (χ3n) is 6.76. The van der Waals surface area contributed by atoms with E-state index in [0.717, 1.165) is 35.4 Å². The van der Waals surface area contributed by atoms with Crippen LogP contribution in [-0.2, 0) is 16.0 Å². The van der Waals surface area contributed by atoms with E-state index >= 15 is 0 Å². The summed E-state index contributed by atoms with van der Waals surface area (Å²) in [6, 6.07) is 9.26. The van der Waals surface area contributed by atoms with Crippen LogP contribution in [0.5, 0.6) is 0 Å². The fourth-order valence-corrected chi connectivity index (χ4v) is 5.78. The van der Waals surface area contributed by atoms with Gasteiger partial charge in [0, 0.05) is 22.6 Å². The van der Waals surface area contributed by atoms with E-state index in [1.54, 1.807) is 11.8 Å². The second-order valence-electron chi connectivity index (χ2n) is 9.22. The number of hydrogen-bond donors (Lipinski definition) is 1. The van der Waals surface area contributed by atoms with Gasteiger partial charge < -0.3 is 5.32 Å².